The summed E-state index contributed by atoms with van der Waals surface area (Å²) in [6, 6.07) is 15.0. The van der Waals surface area contributed by atoms with Crippen LogP contribution in [0, 0.1) is 11.8 Å². The molecule has 0 aromatic heterocycles. The number of benzene rings is 2. The standard InChI is InChI=1S/C36H45N3O6/c1-6-10-23-44-34(43)30-29-32(41)39(28(24-40)25-14-12-11-13-15-25)31(36(29)21-20-35(30,5)45-36)33(42)38(22-7-2)27-18-16-26(17-19-27)37(8-3)9-4/h6-7,11-19,28-31,40H,1-2,8-10,20-24H2,3-5H3/t28-,29+,30+,31?,35-,36?/m1/s1. The van der Waals surface area contributed by atoms with E-state index in [0.717, 1.165) is 18.8 Å². The SMILES string of the molecule is C=CCCOC(=O)[C@@H]1[C@H]2C(=O)N([C@H](CO)c3ccccc3)C(C(=O)N(CC=C)c3ccc(N(CC)CC)cc3)C23CC[C@@]1(C)O3. The average Bonchev–Trinajstić information content (AvgIpc) is 3.62. The summed E-state index contributed by atoms with van der Waals surface area (Å²) in [5.74, 6) is -3.07. The number of likely N-dealkylation sites (tertiary alicyclic amines) is 1. The van der Waals surface area contributed by atoms with Gasteiger partial charge in [-0.2, -0.15) is 0 Å². The Balaban J connectivity index is 1.61. The largest absolute Gasteiger partial charge is 0.465 e. The third kappa shape index (κ3) is 5.46. The molecule has 1 spiro atoms. The molecular formula is C36H45N3O6. The smallest absolute Gasteiger partial charge is 0.312 e. The number of amides is 2. The number of nitrogens with zero attached hydrogens (tertiary/aromatic N) is 3. The second kappa shape index (κ2) is 13.2. The van der Waals surface area contributed by atoms with Crippen LogP contribution in [0.1, 0.15) is 51.6 Å². The van der Waals surface area contributed by atoms with Gasteiger partial charge in [0.05, 0.1) is 30.8 Å². The van der Waals surface area contributed by atoms with Gasteiger partial charge in [-0.05, 0) is 69.9 Å². The number of hydrogen-bond acceptors (Lipinski definition) is 7. The minimum atomic E-state index is -1.27. The van der Waals surface area contributed by atoms with Crippen LogP contribution in [0.2, 0.25) is 0 Å². The zero-order valence-corrected chi connectivity index (χ0v) is 26.6. The van der Waals surface area contributed by atoms with Crippen molar-refractivity contribution in [1.82, 2.24) is 4.90 Å². The van der Waals surface area contributed by atoms with Gasteiger partial charge >= 0.3 is 5.97 Å². The molecule has 45 heavy (non-hydrogen) atoms. The Morgan fingerprint density at radius 3 is 2.33 bits per heavy atom. The van der Waals surface area contributed by atoms with Gasteiger partial charge in [-0.25, -0.2) is 0 Å². The maximum atomic E-state index is 15.0. The lowest BCUT2D eigenvalue weighted by atomic mass is 9.66. The quantitative estimate of drug-likeness (QED) is 0.187. The summed E-state index contributed by atoms with van der Waals surface area (Å²) in [5, 5.41) is 10.8. The number of fused-ring (bicyclic) bond motifs is 1. The summed E-state index contributed by atoms with van der Waals surface area (Å²) < 4.78 is 12.4. The van der Waals surface area contributed by atoms with E-state index in [0.29, 0.717) is 30.5 Å². The lowest BCUT2D eigenvalue weighted by molar-refractivity contribution is -0.160. The molecule has 3 aliphatic rings. The van der Waals surface area contributed by atoms with Gasteiger partial charge in [0.1, 0.15) is 17.6 Å². The molecule has 0 radical (unpaired) electrons. The number of ether oxygens (including phenoxy) is 2. The zero-order chi connectivity index (χ0) is 32.4. The summed E-state index contributed by atoms with van der Waals surface area (Å²) in [6.45, 7) is 15.3. The number of hydrogen-bond donors (Lipinski definition) is 1. The van der Waals surface area contributed by atoms with Crippen molar-refractivity contribution in [1.29, 1.82) is 0 Å². The van der Waals surface area contributed by atoms with Gasteiger partial charge in [0.2, 0.25) is 5.91 Å². The molecule has 2 bridgehead atoms. The molecule has 2 unspecified atom stereocenters. The monoisotopic (exact) mass is 615 g/mol. The first-order valence-electron chi connectivity index (χ1n) is 15.9. The van der Waals surface area contributed by atoms with E-state index < -0.39 is 47.7 Å². The number of aliphatic hydroxyl groups is 1. The molecule has 240 valence electrons. The van der Waals surface area contributed by atoms with Gasteiger partial charge in [-0.1, -0.05) is 42.5 Å². The molecule has 0 saturated carbocycles. The molecule has 1 N–H and O–H groups in total. The first kappa shape index (κ1) is 32.4. The lowest BCUT2D eigenvalue weighted by Crippen LogP contribution is -2.57. The molecule has 5 rings (SSSR count). The fourth-order valence-electron chi connectivity index (χ4n) is 7.73. The summed E-state index contributed by atoms with van der Waals surface area (Å²) in [6.07, 6.45) is 4.71. The van der Waals surface area contributed by atoms with Crippen molar-refractivity contribution in [2.24, 2.45) is 11.8 Å². The van der Waals surface area contributed by atoms with Gasteiger partial charge in [-0.3, -0.25) is 14.4 Å². The summed E-state index contributed by atoms with van der Waals surface area (Å²) in [7, 11) is 0. The van der Waals surface area contributed by atoms with Crippen molar-refractivity contribution in [3.8, 4) is 0 Å². The van der Waals surface area contributed by atoms with Crippen molar-refractivity contribution < 1.29 is 29.0 Å². The predicted molar refractivity (Wildman–Crippen MR) is 174 cm³/mol. The molecule has 3 fully saturated rings. The molecule has 3 saturated heterocycles. The van der Waals surface area contributed by atoms with Gasteiger partial charge < -0.3 is 29.3 Å². The van der Waals surface area contributed by atoms with Crippen LogP contribution in [0.15, 0.2) is 79.9 Å². The molecule has 2 amide bonds. The van der Waals surface area contributed by atoms with E-state index in [1.54, 1.807) is 17.1 Å². The third-order valence-corrected chi connectivity index (χ3v) is 9.83. The van der Waals surface area contributed by atoms with Crippen molar-refractivity contribution >= 4 is 29.2 Å². The Kier molecular flexibility index (Phi) is 9.51. The third-order valence-electron chi connectivity index (χ3n) is 9.83. The highest BCUT2D eigenvalue weighted by Crippen LogP contribution is 2.64. The van der Waals surface area contributed by atoms with Crippen LogP contribution in [0.4, 0.5) is 11.4 Å². The Labute approximate surface area is 266 Å². The Morgan fingerprint density at radius 1 is 1.07 bits per heavy atom. The highest BCUT2D eigenvalue weighted by Gasteiger charge is 2.79. The molecule has 2 aromatic rings. The Hall–Kier alpha value is -3.95. The van der Waals surface area contributed by atoms with E-state index in [1.165, 1.54) is 4.90 Å². The second-order valence-corrected chi connectivity index (χ2v) is 12.3. The maximum absolute atomic E-state index is 15.0. The first-order chi connectivity index (χ1) is 21.7. The van der Waals surface area contributed by atoms with Crippen molar-refractivity contribution in [3.05, 3.63) is 85.5 Å². The normalized spacial score (nSPS) is 27.2. The molecule has 9 heteroatoms. The van der Waals surface area contributed by atoms with Crippen LogP contribution >= 0.6 is 0 Å². The van der Waals surface area contributed by atoms with Crippen LogP contribution in [0.3, 0.4) is 0 Å². The molecular weight excluding hydrogens is 570 g/mol. The number of aliphatic hydroxyl groups excluding tert-OH is 1. The van der Waals surface area contributed by atoms with Crippen LogP contribution in [0.5, 0.6) is 0 Å². The van der Waals surface area contributed by atoms with E-state index in [4.69, 9.17) is 9.47 Å². The van der Waals surface area contributed by atoms with Gasteiger partial charge in [0.15, 0.2) is 0 Å². The van der Waals surface area contributed by atoms with E-state index in [2.05, 4.69) is 31.9 Å². The van der Waals surface area contributed by atoms with Crippen molar-refractivity contribution in [2.45, 2.75) is 63.3 Å². The van der Waals surface area contributed by atoms with Gasteiger partial charge in [-0.15, -0.1) is 13.2 Å². The second-order valence-electron chi connectivity index (χ2n) is 12.3. The van der Waals surface area contributed by atoms with E-state index in [-0.39, 0.29) is 25.0 Å². The maximum Gasteiger partial charge on any atom is 0.312 e. The number of esters is 1. The molecule has 3 heterocycles. The van der Waals surface area contributed by atoms with Gasteiger partial charge in [0, 0.05) is 31.0 Å². The Bertz CT molecular complexity index is 1410. The minimum absolute atomic E-state index is 0.148. The molecule has 2 aromatic carbocycles. The zero-order valence-electron chi connectivity index (χ0n) is 26.6. The van der Waals surface area contributed by atoms with E-state index >= 15 is 0 Å². The molecule has 3 aliphatic heterocycles. The van der Waals surface area contributed by atoms with Crippen LogP contribution < -0.4 is 9.80 Å². The van der Waals surface area contributed by atoms with E-state index in [9.17, 15) is 19.5 Å². The number of carbonyl (C=O) groups is 3. The number of anilines is 2. The fraction of sp³-hybridized carbons (Fsp3) is 0.472. The van der Waals surface area contributed by atoms with Crippen LogP contribution in [-0.2, 0) is 23.9 Å². The summed E-state index contributed by atoms with van der Waals surface area (Å²) in [4.78, 5) is 48.6. The summed E-state index contributed by atoms with van der Waals surface area (Å²) in [5.41, 5.74) is 0.147. The molecule has 0 aliphatic carbocycles. The molecule has 6 atom stereocenters. The highest BCUT2D eigenvalue weighted by molar-refractivity contribution is 6.05. The molecule has 9 nitrogen and oxygen atoms in total. The number of carbonyl (C=O) groups excluding carboxylic acids is 3. The van der Waals surface area contributed by atoms with Crippen LogP contribution in [-0.4, -0.2) is 77.9 Å². The fourth-order valence-corrected chi connectivity index (χ4v) is 7.73. The predicted octanol–water partition coefficient (Wildman–Crippen LogP) is 4.67. The van der Waals surface area contributed by atoms with Crippen LogP contribution in [0.25, 0.3) is 0 Å². The van der Waals surface area contributed by atoms with Crippen molar-refractivity contribution in [2.75, 3.05) is 42.6 Å². The average molecular weight is 616 g/mol. The minimum Gasteiger partial charge on any atom is -0.465 e. The Morgan fingerprint density at radius 2 is 1.73 bits per heavy atom. The topological polar surface area (TPSA) is 99.6 Å². The lowest BCUT2D eigenvalue weighted by Gasteiger charge is -2.39. The van der Waals surface area contributed by atoms with Gasteiger partial charge in [0.25, 0.3) is 5.91 Å². The summed E-state index contributed by atoms with van der Waals surface area (Å²) >= 11 is 0. The highest BCUT2D eigenvalue weighted by atomic mass is 16.6. The number of rotatable bonds is 14. The first-order valence-corrected chi connectivity index (χ1v) is 15.9. The van der Waals surface area contributed by atoms with E-state index in [1.807, 2.05) is 61.5 Å². The van der Waals surface area contributed by atoms with Crippen molar-refractivity contribution in [3.63, 3.8) is 0 Å².